The van der Waals surface area contributed by atoms with Gasteiger partial charge in [-0.3, -0.25) is 14.4 Å². The number of imide groups is 1. The minimum Gasteiger partial charge on any atom is -0.284 e. The Morgan fingerprint density at radius 3 is 1.94 bits per heavy atom. The Bertz CT molecular complexity index is 1060. The Morgan fingerprint density at radius 1 is 0.710 bits per heavy atom. The summed E-state index contributed by atoms with van der Waals surface area (Å²) in [7, 11) is 0. The molecule has 2 aliphatic heterocycles. The quantitative estimate of drug-likeness (QED) is 0.575. The van der Waals surface area contributed by atoms with Crippen LogP contribution in [0, 0.1) is 5.92 Å². The third-order valence-corrected chi connectivity index (χ3v) is 6.10. The Balaban J connectivity index is 1.42. The zero-order valence-electron chi connectivity index (χ0n) is 17.1. The van der Waals surface area contributed by atoms with E-state index in [2.05, 4.69) is 12.1 Å². The first-order valence-electron chi connectivity index (χ1n) is 10.7. The molecular weight excluding hydrogens is 388 g/mol. The van der Waals surface area contributed by atoms with Crippen molar-refractivity contribution in [3.63, 3.8) is 0 Å². The van der Waals surface area contributed by atoms with E-state index in [0.29, 0.717) is 12.2 Å². The molecule has 0 aromatic heterocycles. The lowest BCUT2D eigenvalue weighted by Crippen LogP contribution is -2.40. The van der Waals surface area contributed by atoms with E-state index in [0.717, 1.165) is 18.4 Å². The number of benzene rings is 3. The molecule has 0 bridgehead atoms. The summed E-state index contributed by atoms with van der Waals surface area (Å²) < 4.78 is 0. The number of rotatable bonds is 6. The molecule has 2 amide bonds. The number of amides is 2. The number of aryl methyl sites for hydroxylation is 1. The normalized spacial score (nSPS) is 23.4. The van der Waals surface area contributed by atoms with Crippen LogP contribution < -0.4 is 4.90 Å². The van der Waals surface area contributed by atoms with Gasteiger partial charge in [0, 0.05) is 6.54 Å². The highest BCUT2D eigenvalue weighted by Crippen LogP contribution is 2.40. The number of carbonyl (C=O) groups is 2. The van der Waals surface area contributed by atoms with Gasteiger partial charge in [0.05, 0.1) is 17.6 Å². The fourth-order valence-corrected chi connectivity index (χ4v) is 4.58. The average Bonchev–Trinajstić information content (AvgIpc) is 3.28. The molecule has 2 heterocycles. The standard InChI is InChI=1S/C26H24N2O3/c29-25-23-22(17-16-19-10-4-1-5-11-19)27(18-20-12-6-2-7-13-20)31-24(23)26(30)28(25)21-14-8-3-9-15-21/h1-15,22-24H,16-18H2/t22-,23-,24+/m1/s1. The summed E-state index contributed by atoms with van der Waals surface area (Å²) in [5.41, 5.74) is 2.90. The number of hydrogen-bond acceptors (Lipinski definition) is 4. The number of para-hydroxylation sites is 1. The van der Waals surface area contributed by atoms with Gasteiger partial charge < -0.3 is 0 Å². The van der Waals surface area contributed by atoms with Gasteiger partial charge in [-0.2, -0.15) is 5.06 Å². The van der Waals surface area contributed by atoms with Gasteiger partial charge in [0.25, 0.3) is 5.91 Å². The monoisotopic (exact) mass is 412 g/mol. The maximum absolute atomic E-state index is 13.4. The second-order valence-corrected chi connectivity index (χ2v) is 8.05. The third kappa shape index (κ3) is 3.78. The number of anilines is 1. The van der Waals surface area contributed by atoms with Crippen LogP contribution in [0.5, 0.6) is 0 Å². The van der Waals surface area contributed by atoms with Gasteiger partial charge in [0.15, 0.2) is 6.10 Å². The van der Waals surface area contributed by atoms with E-state index in [-0.39, 0.29) is 17.9 Å². The number of nitrogens with zero attached hydrogens (tertiary/aromatic N) is 2. The second kappa shape index (κ2) is 8.46. The van der Waals surface area contributed by atoms with Crippen molar-refractivity contribution in [1.29, 1.82) is 0 Å². The van der Waals surface area contributed by atoms with Crippen LogP contribution in [0.15, 0.2) is 91.0 Å². The Morgan fingerprint density at radius 2 is 1.29 bits per heavy atom. The van der Waals surface area contributed by atoms with Crippen molar-refractivity contribution in [3.8, 4) is 0 Å². The highest BCUT2D eigenvalue weighted by atomic mass is 16.7. The molecule has 0 saturated carbocycles. The molecule has 5 rings (SSSR count). The number of hydroxylamine groups is 2. The summed E-state index contributed by atoms with van der Waals surface area (Å²) >= 11 is 0. The van der Waals surface area contributed by atoms with Gasteiger partial charge in [-0.05, 0) is 36.1 Å². The fourth-order valence-electron chi connectivity index (χ4n) is 4.58. The van der Waals surface area contributed by atoms with Gasteiger partial charge in [-0.25, -0.2) is 4.90 Å². The Labute approximate surface area is 181 Å². The average molecular weight is 412 g/mol. The molecule has 3 aromatic carbocycles. The summed E-state index contributed by atoms with van der Waals surface area (Å²) in [6, 6.07) is 29.2. The van der Waals surface area contributed by atoms with Gasteiger partial charge in [-0.1, -0.05) is 78.9 Å². The van der Waals surface area contributed by atoms with Crippen LogP contribution in [0.1, 0.15) is 17.5 Å². The molecule has 5 heteroatoms. The largest absolute Gasteiger partial charge is 0.284 e. The van der Waals surface area contributed by atoms with Crippen molar-refractivity contribution < 1.29 is 14.4 Å². The van der Waals surface area contributed by atoms with Crippen molar-refractivity contribution in [2.45, 2.75) is 31.5 Å². The smallest absolute Gasteiger partial charge is 0.265 e. The van der Waals surface area contributed by atoms with E-state index in [1.807, 2.05) is 71.8 Å². The van der Waals surface area contributed by atoms with Gasteiger partial charge in [-0.15, -0.1) is 0 Å². The van der Waals surface area contributed by atoms with E-state index >= 15 is 0 Å². The number of hydrogen-bond donors (Lipinski definition) is 0. The van der Waals surface area contributed by atoms with Gasteiger partial charge in [0.1, 0.15) is 0 Å². The van der Waals surface area contributed by atoms with Crippen LogP contribution in [-0.2, 0) is 27.4 Å². The first kappa shape index (κ1) is 19.7. The molecule has 2 fully saturated rings. The lowest BCUT2D eigenvalue weighted by atomic mass is 9.91. The molecule has 0 aliphatic carbocycles. The predicted octanol–water partition coefficient (Wildman–Crippen LogP) is 3.99. The zero-order valence-corrected chi connectivity index (χ0v) is 17.1. The molecule has 2 aliphatic rings. The van der Waals surface area contributed by atoms with Crippen molar-refractivity contribution in [2.75, 3.05) is 4.90 Å². The highest BCUT2D eigenvalue weighted by molar-refractivity contribution is 6.23. The van der Waals surface area contributed by atoms with E-state index in [1.54, 1.807) is 12.1 Å². The summed E-state index contributed by atoms with van der Waals surface area (Å²) in [5.74, 6) is -0.948. The van der Waals surface area contributed by atoms with Gasteiger partial charge >= 0.3 is 0 Å². The molecule has 5 nitrogen and oxygen atoms in total. The molecule has 0 N–H and O–H groups in total. The predicted molar refractivity (Wildman–Crippen MR) is 118 cm³/mol. The van der Waals surface area contributed by atoms with Crippen molar-refractivity contribution >= 4 is 17.5 Å². The molecule has 2 saturated heterocycles. The maximum atomic E-state index is 13.4. The molecule has 156 valence electrons. The summed E-state index contributed by atoms with van der Waals surface area (Å²) in [5, 5.41) is 1.85. The fraction of sp³-hybridized carbons (Fsp3) is 0.231. The zero-order chi connectivity index (χ0) is 21.2. The molecule has 0 unspecified atom stereocenters. The van der Waals surface area contributed by atoms with Crippen LogP contribution in [0.4, 0.5) is 5.69 Å². The Kier molecular flexibility index (Phi) is 5.37. The summed E-state index contributed by atoms with van der Waals surface area (Å²) in [6.07, 6.45) is 0.785. The minimum absolute atomic E-state index is 0.171. The molecule has 3 aromatic rings. The van der Waals surface area contributed by atoms with Crippen LogP contribution in [-0.4, -0.2) is 29.0 Å². The SMILES string of the molecule is O=C1[C@H]2[C@H](ON(Cc3ccccc3)[C@@H]2CCc2ccccc2)C(=O)N1c1ccccc1. The third-order valence-electron chi connectivity index (χ3n) is 6.10. The number of fused-ring (bicyclic) bond motifs is 1. The first-order chi connectivity index (χ1) is 15.2. The maximum Gasteiger partial charge on any atom is 0.265 e. The lowest BCUT2D eigenvalue weighted by Gasteiger charge is -2.27. The molecule has 31 heavy (non-hydrogen) atoms. The topological polar surface area (TPSA) is 49.9 Å². The van der Waals surface area contributed by atoms with Crippen LogP contribution in [0.3, 0.4) is 0 Å². The first-order valence-corrected chi connectivity index (χ1v) is 10.7. The molecule has 0 radical (unpaired) electrons. The van der Waals surface area contributed by atoms with E-state index in [4.69, 9.17) is 4.84 Å². The lowest BCUT2D eigenvalue weighted by molar-refractivity contribution is -0.177. The van der Waals surface area contributed by atoms with Crippen molar-refractivity contribution in [2.24, 2.45) is 5.92 Å². The van der Waals surface area contributed by atoms with Crippen LogP contribution >= 0.6 is 0 Å². The summed E-state index contributed by atoms with van der Waals surface area (Å²) in [6.45, 7) is 0.541. The van der Waals surface area contributed by atoms with Gasteiger partial charge in [0.2, 0.25) is 5.91 Å². The second-order valence-electron chi connectivity index (χ2n) is 8.05. The Hall–Kier alpha value is -3.28. The van der Waals surface area contributed by atoms with E-state index < -0.39 is 12.0 Å². The minimum atomic E-state index is -0.766. The van der Waals surface area contributed by atoms with E-state index in [9.17, 15) is 9.59 Å². The van der Waals surface area contributed by atoms with Crippen molar-refractivity contribution in [3.05, 3.63) is 102 Å². The molecule has 0 spiro atoms. The molecular formula is C26H24N2O3. The highest BCUT2D eigenvalue weighted by Gasteiger charge is 2.59. The van der Waals surface area contributed by atoms with Crippen LogP contribution in [0.25, 0.3) is 0 Å². The molecule has 3 atom stereocenters. The number of carbonyl (C=O) groups excluding carboxylic acids is 2. The van der Waals surface area contributed by atoms with E-state index in [1.165, 1.54) is 10.5 Å². The summed E-state index contributed by atoms with van der Waals surface area (Å²) in [4.78, 5) is 34.0. The van der Waals surface area contributed by atoms with Crippen molar-refractivity contribution in [1.82, 2.24) is 5.06 Å². The van der Waals surface area contributed by atoms with Crippen LogP contribution in [0.2, 0.25) is 0 Å².